The SMILES string of the molecule is COC(=O)c1ccc(S(=O)(=O)NCCSc2ccc(Cl)cc2)cc1. The second kappa shape index (κ2) is 8.53. The summed E-state index contributed by atoms with van der Waals surface area (Å²) in [5, 5.41) is 0.662. The largest absolute Gasteiger partial charge is 0.465 e. The van der Waals surface area contributed by atoms with E-state index in [0.717, 1.165) is 4.90 Å². The third-order valence-corrected chi connectivity index (χ3v) is 5.80. The molecule has 0 heterocycles. The third-order valence-electron chi connectivity index (χ3n) is 3.06. The van der Waals surface area contributed by atoms with Crippen LogP contribution in [-0.2, 0) is 14.8 Å². The lowest BCUT2D eigenvalue weighted by Crippen LogP contribution is -2.26. The number of hydrogen-bond acceptors (Lipinski definition) is 5. The number of benzene rings is 2. The summed E-state index contributed by atoms with van der Waals surface area (Å²) in [5.74, 6) is 0.0763. The number of carbonyl (C=O) groups excluding carboxylic acids is 1. The fraction of sp³-hybridized carbons (Fsp3) is 0.188. The highest BCUT2D eigenvalue weighted by molar-refractivity contribution is 7.99. The lowest BCUT2D eigenvalue weighted by Gasteiger charge is -2.07. The van der Waals surface area contributed by atoms with E-state index in [1.165, 1.54) is 43.1 Å². The summed E-state index contributed by atoms with van der Waals surface area (Å²) in [6.07, 6.45) is 0. The van der Waals surface area contributed by atoms with Crippen LogP contribution < -0.4 is 4.72 Å². The Kier molecular flexibility index (Phi) is 6.68. The highest BCUT2D eigenvalue weighted by Crippen LogP contribution is 2.20. The number of nitrogens with one attached hydrogen (secondary N) is 1. The molecule has 0 amide bonds. The van der Waals surface area contributed by atoms with Gasteiger partial charge in [0.05, 0.1) is 17.6 Å². The Bertz CT molecular complexity index is 790. The van der Waals surface area contributed by atoms with Gasteiger partial charge < -0.3 is 4.74 Å². The van der Waals surface area contributed by atoms with E-state index in [1.807, 2.05) is 12.1 Å². The maximum Gasteiger partial charge on any atom is 0.337 e. The molecule has 0 aliphatic carbocycles. The summed E-state index contributed by atoms with van der Waals surface area (Å²) in [6, 6.07) is 12.9. The van der Waals surface area contributed by atoms with Gasteiger partial charge in [0.15, 0.2) is 0 Å². The molecule has 2 aromatic carbocycles. The molecule has 0 radical (unpaired) electrons. The molecular formula is C16H16ClNO4S2. The van der Waals surface area contributed by atoms with E-state index in [1.54, 1.807) is 12.1 Å². The molecule has 0 saturated heterocycles. The Balaban J connectivity index is 1.89. The van der Waals surface area contributed by atoms with Crippen molar-refractivity contribution in [2.45, 2.75) is 9.79 Å². The Hall–Kier alpha value is -1.54. The van der Waals surface area contributed by atoms with Gasteiger partial charge in [-0.3, -0.25) is 0 Å². The van der Waals surface area contributed by atoms with E-state index in [9.17, 15) is 13.2 Å². The summed E-state index contributed by atoms with van der Waals surface area (Å²) in [7, 11) is -2.34. The van der Waals surface area contributed by atoms with Gasteiger partial charge in [0, 0.05) is 22.2 Å². The molecule has 24 heavy (non-hydrogen) atoms. The van der Waals surface area contributed by atoms with Gasteiger partial charge in [0.2, 0.25) is 10.0 Å². The van der Waals surface area contributed by atoms with Crippen LogP contribution in [0.1, 0.15) is 10.4 Å². The van der Waals surface area contributed by atoms with Crippen LogP contribution >= 0.6 is 23.4 Å². The van der Waals surface area contributed by atoms with Crippen LogP contribution in [0.25, 0.3) is 0 Å². The second-order valence-electron chi connectivity index (χ2n) is 4.72. The summed E-state index contributed by atoms with van der Waals surface area (Å²) >= 11 is 7.34. The Morgan fingerprint density at radius 2 is 1.75 bits per heavy atom. The number of thioether (sulfide) groups is 1. The zero-order valence-electron chi connectivity index (χ0n) is 12.9. The van der Waals surface area contributed by atoms with Crippen molar-refractivity contribution in [2.24, 2.45) is 0 Å². The Morgan fingerprint density at radius 1 is 1.12 bits per heavy atom. The molecule has 0 bridgehead atoms. The highest BCUT2D eigenvalue weighted by Gasteiger charge is 2.14. The van der Waals surface area contributed by atoms with Gasteiger partial charge in [-0.2, -0.15) is 0 Å². The van der Waals surface area contributed by atoms with Gasteiger partial charge in [-0.05, 0) is 48.5 Å². The van der Waals surface area contributed by atoms with Crippen molar-refractivity contribution in [3.05, 3.63) is 59.1 Å². The first-order chi connectivity index (χ1) is 11.4. The number of esters is 1. The Labute approximate surface area is 150 Å². The van der Waals surface area contributed by atoms with Crippen LogP contribution in [0.15, 0.2) is 58.3 Å². The van der Waals surface area contributed by atoms with Crippen LogP contribution in [0.4, 0.5) is 0 Å². The number of halogens is 1. The standard InChI is InChI=1S/C16H16ClNO4S2/c1-22-16(19)12-2-8-15(9-3-12)24(20,21)18-10-11-23-14-6-4-13(17)5-7-14/h2-9,18H,10-11H2,1H3. The average molecular weight is 386 g/mol. The van der Waals surface area contributed by atoms with Gasteiger partial charge in [-0.1, -0.05) is 11.6 Å². The monoisotopic (exact) mass is 385 g/mol. The molecule has 8 heteroatoms. The van der Waals surface area contributed by atoms with Gasteiger partial charge in [-0.15, -0.1) is 11.8 Å². The number of methoxy groups -OCH3 is 1. The first kappa shape index (κ1) is 18.8. The zero-order chi connectivity index (χ0) is 17.6. The maximum atomic E-state index is 12.2. The van der Waals surface area contributed by atoms with Gasteiger partial charge >= 0.3 is 5.97 Å². The summed E-state index contributed by atoms with van der Waals surface area (Å²) < 4.78 is 31.5. The molecule has 2 aromatic rings. The zero-order valence-corrected chi connectivity index (χ0v) is 15.2. The van der Waals surface area contributed by atoms with Crippen molar-refractivity contribution in [2.75, 3.05) is 19.4 Å². The van der Waals surface area contributed by atoms with E-state index in [-0.39, 0.29) is 11.4 Å². The molecule has 0 spiro atoms. The van der Waals surface area contributed by atoms with Crippen molar-refractivity contribution in [3.8, 4) is 0 Å². The van der Waals surface area contributed by atoms with Crippen LogP contribution in [0.2, 0.25) is 5.02 Å². The first-order valence-corrected chi connectivity index (χ1v) is 9.83. The molecule has 0 saturated carbocycles. The summed E-state index contributed by atoms with van der Waals surface area (Å²) in [4.78, 5) is 12.5. The molecule has 0 unspecified atom stereocenters. The lowest BCUT2D eigenvalue weighted by atomic mass is 10.2. The average Bonchev–Trinajstić information content (AvgIpc) is 2.59. The lowest BCUT2D eigenvalue weighted by molar-refractivity contribution is 0.0600. The van der Waals surface area contributed by atoms with E-state index in [4.69, 9.17) is 11.6 Å². The summed E-state index contributed by atoms with van der Waals surface area (Å²) in [6.45, 7) is 0.286. The van der Waals surface area contributed by atoms with Crippen molar-refractivity contribution < 1.29 is 17.9 Å². The quantitative estimate of drug-likeness (QED) is 0.450. The normalized spacial score (nSPS) is 11.2. The first-order valence-electron chi connectivity index (χ1n) is 6.99. The maximum absolute atomic E-state index is 12.2. The molecular weight excluding hydrogens is 370 g/mol. The predicted molar refractivity (Wildman–Crippen MR) is 95.1 cm³/mol. The van der Waals surface area contributed by atoms with Gasteiger partial charge in [-0.25, -0.2) is 17.9 Å². The van der Waals surface area contributed by atoms with E-state index in [2.05, 4.69) is 9.46 Å². The number of rotatable bonds is 7. The molecule has 0 aliphatic rings. The number of ether oxygens (including phenoxy) is 1. The number of sulfonamides is 1. The van der Waals surface area contributed by atoms with Crippen LogP contribution in [0.3, 0.4) is 0 Å². The molecule has 0 fully saturated rings. The minimum absolute atomic E-state index is 0.103. The fourth-order valence-electron chi connectivity index (χ4n) is 1.85. The van der Waals surface area contributed by atoms with Crippen LogP contribution in [0.5, 0.6) is 0 Å². The van der Waals surface area contributed by atoms with Crippen molar-refractivity contribution >= 4 is 39.4 Å². The molecule has 0 aromatic heterocycles. The number of hydrogen-bond donors (Lipinski definition) is 1. The summed E-state index contributed by atoms with van der Waals surface area (Å²) in [5.41, 5.74) is 0.301. The van der Waals surface area contributed by atoms with Crippen LogP contribution in [0, 0.1) is 0 Å². The van der Waals surface area contributed by atoms with Crippen LogP contribution in [-0.4, -0.2) is 33.8 Å². The smallest absolute Gasteiger partial charge is 0.337 e. The van der Waals surface area contributed by atoms with E-state index < -0.39 is 16.0 Å². The Morgan fingerprint density at radius 3 is 2.33 bits per heavy atom. The molecule has 0 atom stereocenters. The topological polar surface area (TPSA) is 72.5 Å². The molecule has 0 aliphatic heterocycles. The highest BCUT2D eigenvalue weighted by atomic mass is 35.5. The minimum atomic E-state index is -3.61. The van der Waals surface area contributed by atoms with E-state index >= 15 is 0 Å². The van der Waals surface area contributed by atoms with E-state index in [0.29, 0.717) is 16.3 Å². The molecule has 2 rings (SSSR count). The van der Waals surface area contributed by atoms with Gasteiger partial charge in [0.1, 0.15) is 0 Å². The molecule has 5 nitrogen and oxygen atoms in total. The van der Waals surface area contributed by atoms with Crippen molar-refractivity contribution in [3.63, 3.8) is 0 Å². The van der Waals surface area contributed by atoms with Crippen molar-refractivity contribution in [1.82, 2.24) is 4.72 Å². The van der Waals surface area contributed by atoms with Crippen molar-refractivity contribution in [1.29, 1.82) is 0 Å². The fourth-order valence-corrected chi connectivity index (χ4v) is 3.90. The number of carbonyl (C=O) groups is 1. The molecule has 128 valence electrons. The second-order valence-corrected chi connectivity index (χ2v) is 8.09. The predicted octanol–water partition coefficient (Wildman–Crippen LogP) is 3.20. The molecule has 1 N–H and O–H groups in total. The third kappa shape index (κ3) is 5.24. The van der Waals surface area contributed by atoms with Gasteiger partial charge in [0.25, 0.3) is 0 Å². The minimum Gasteiger partial charge on any atom is -0.465 e.